The Hall–Kier alpha value is -7.22. The van der Waals surface area contributed by atoms with Crippen molar-refractivity contribution in [1.82, 2.24) is 0 Å². The highest BCUT2D eigenvalue weighted by atomic mass is 15.1. The van der Waals surface area contributed by atoms with E-state index in [0.29, 0.717) is 11.4 Å². The van der Waals surface area contributed by atoms with Crippen LogP contribution in [-0.2, 0) is 0 Å². The van der Waals surface area contributed by atoms with Crippen LogP contribution in [0.3, 0.4) is 0 Å². The number of fused-ring (bicyclic) bond motifs is 4. The highest BCUT2D eigenvalue weighted by Crippen LogP contribution is 2.42. The highest BCUT2D eigenvalue weighted by Gasteiger charge is 2.16. The van der Waals surface area contributed by atoms with Crippen LogP contribution in [-0.4, -0.2) is 0 Å². The topological polar surface area (TPSA) is 3.24 Å². The molecular weight excluding hydrogens is 663 g/mol. The van der Waals surface area contributed by atoms with Crippen LogP contribution in [0.2, 0.25) is 0 Å². The van der Waals surface area contributed by atoms with E-state index in [1.165, 1.54) is 10.8 Å². The summed E-state index contributed by atoms with van der Waals surface area (Å²) in [6.07, 6.45) is 0. The van der Waals surface area contributed by atoms with E-state index in [2.05, 4.69) is 78.9 Å². The second-order valence-electron chi connectivity index (χ2n) is 13.5. The van der Waals surface area contributed by atoms with Crippen LogP contribution < -0.4 is 4.90 Å². The fourth-order valence-corrected chi connectivity index (χ4v) is 7.54. The minimum atomic E-state index is -0.625. The lowest BCUT2D eigenvalue weighted by Crippen LogP contribution is -2.09. The minimum Gasteiger partial charge on any atom is -0.311 e. The molecule has 10 aromatic carbocycles. The normalized spacial score (nSPS) is 13.6. The van der Waals surface area contributed by atoms with Gasteiger partial charge in [0.25, 0.3) is 0 Å². The summed E-state index contributed by atoms with van der Waals surface area (Å²) in [6, 6.07) is 52.2. The Balaban J connectivity index is 1.14. The predicted octanol–water partition coefficient (Wildman–Crippen LogP) is 15.3. The van der Waals surface area contributed by atoms with Gasteiger partial charge in [-0.3, -0.25) is 0 Å². The smallest absolute Gasteiger partial charge is 0.0645 e. The van der Waals surface area contributed by atoms with Crippen molar-refractivity contribution in [2.24, 2.45) is 0 Å². The molecule has 55 heavy (non-hydrogen) atoms. The first-order valence-electron chi connectivity index (χ1n) is 22.7. The van der Waals surface area contributed by atoms with Crippen molar-refractivity contribution < 1.29 is 12.3 Å². The monoisotopic (exact) mass is 708 g/mol. The van der Waals surface area contributed by atoms with E-state index in [9.17, 15) is 5.48 Å². The van der Waals surface area contributed by atoms with E-state index < -0.39 is 54.4 Å². The van der Waals surface area contributed by atoms with Crippen molar-refractivity contribution in [3.63, 3.8) is 0 Å². The zero-order chi connectivity index (χ0) is 44.4. The van der Waals surface area contributed by atoms with Gasteiger partial charge in [0, 0.05) is 17.1 Å². The van der Waals surface area contributed by atoms with Gasteiger partial charge < -0.3 is 4.90 Å². The SMILES string of the molecule is [2H]c1c([2H])c([2H])c(-c2c([2H])c([2H])c(N(c3ccc(-c4ccc5c(ccc6ccccc65)c4)cc3)c3ccc(-c4c(-c5ccccc5)ccc5ccccc45)cc3)c([2H])c2[2H])c([2H])c1[2H]. The third-order valence-corrected chi connectivity index (χ3v) is 10.2. The first-order valence-corrected chi connectivity index (χ1v) is 18.2. The summed E-state index contributed by atoms with van der Waals surface area (Å²) in [6.45, 7) is 0. The Kier molecular flexibility index (Phi) is 6.14. The zero-order valence-electron chi connectivity index (χ0n) is 38.6. The molecule has 0 amide bonds. The first-order chi connectivity index (χ1) is 31.0. The third-order valence-electron chi connectivity index (χ3n) is 10.2. The van der Waals surface area contributed by atoms with Crippen molar-refractivity contribution in [3.8, 4) is 44.5 Å². The Labute approximate surface area is 334 Å². The van der Waals surface area contributed by atoms with E-state index in [0.717, 1.165) is 54.9 Å². The number of rotatable bonds is 7. The Morgan fingerprint density at radius 1 is 0.309 bits per heavy atom. The van der Waals surface area contributed by atoms with Gasteiger partial charge in [0.1, 0.15) is 0 Å². The van der Waals surface area contributed by atoms with Gasteiger partial charge in [-0.15, -0.1) is 0 Å². The lowest BCUT2D eigenvalue weighted by molar-refractivity contribution is 1.28. The fraction of sp³-hybridized carbons (Fsp3) is 0. The van der Waals surface area contributed by atoms with E-state index in [4.69, 9.17) is 6.85 Å². The van der Waals surface area contributed by atoms with Gasteiger partial charge in [-0.25, -0.2) is 0 Å². The van der Waals surface area contributed by atoms with Crippen molar-refractivity contribution >= 4 is 49.4 Å². The van der Waals surface area contributed by atoms with Crippen LogP contribution in [0.5, 0.6) is 0 Å². The molecule has 0 spiro atoms. The molecule has 258 valence electrons. The van der Waals surface area contributed by atoms with Gasteiger partial charge in [0.05, 0.1) is 12.3 Å². The van der Waals surface area contributed by atoms with Crippen LogP contribution in [0.15, 0.2) is 224 Å². The number of hydrogen-bond acceptors (Lipinski definition) is 1. The summed E-state index contributed by atoms with van der Waals surface area (Å²) < 4.78 is 79.3. The number of anilines is 3. The zero-order valence-corrected chi connectivity index (χ0v) is 29.6. The summed E-state index contributed by atoms with van der Waals surface area (Å²) in [7, 11) is 0. The lowest BCUT2D eigenvalue weighted by atomic mass is 9.89. The molecule has 0 aliphatic heterocycles. The van der Waals surface area contributed by atoms with Crippen LogP contribution in [0, 0.1) is 0 Å². The van der Waals surface area contributed by atoms with Gasteiger partial charge >= 0.3 is 0 Å². The van der Waals surface area contributed by atoms with Gasteiger partial charge in [0.2, 0.25) is 0 Å². The molecule has 10 rings (SSSR count). The molecule has 0 saturated carbocycles. The van der Waals surface area contributed by atoms with Gasteiger partial charge in [-0.1, -0.05) is 182 Å². The van der Waals surface area contributed by atoms with E-state index >= 15 is 0 Å². The first kappa shape index (κ1) is 24.2. The van der Waals surface area contributed by atoms with Gasteiger partial charge in [0.15, 0.2) is 0 Å². The van der Waals surface area contributed by atoms with E-state index in [-0.39, 0.29) is 16.8 Å². The molecular formula is C54H37N. The molecule has 0 unspecified atom stereocenters. The van der Waals surface area contributed by atoms with E-state index in [1.54, 1.807) is 4.90 Å². The molecule has 0 aliphatic carbocycles. The van der Waals surface area contributed by atoms with Gasteiger partial charge in [-0.05, 0) is 119 Å². The second-order valence-corrected chi connectivity index (χ2v) is 13.5. The molecule has 1 heteroatoms. The highest BCUT2D eigenvalue weighted by molar-refractivity contribution is 6.08. The average molecular weight is 709 g/mol. The summed E-state index contributed by atoms with van der Waals surface area (Å²) in [5, 5.41) is 6.77. The molecule has 0 fully saturated rings. The van der Waals surface area contributed by atoms with Crippen LogP contribution in [0.25, 0.3) is 76.8 Å². The van der Waals surface area contributed by atoms with E-state index in [1.807, 2.05) is 91.0 Å². The summed E-state index contributed by atoms with van der Waals surface area (Å²) in [4.78, 5) is 1.69. The Morgan fingerprint density at radius 2 is 0.855 bits per heavy atom. The molecule has 0 aromatic heterocycles. The van der Waals surface area contributed by atoms with Crippen LogP contribution in [0.4, 0.5) is 17.1 Å². The quantitative estimate of drug-likeness (QED) is 0.149. The molecule has 0 radical (unpaired) electrons. The average Bonchev–Trinajstić information content (AvgIpc) is 3.34. The van der Waals surface area contributed by atoms with Gasteiger partial charge in [-0.2, -0.15) is 0 Å². The Bertz CT molecular complexity index is 3420. The van der Waals surface area contributed by atoms with Crippen LogP contribution in [0.1, 0.15) is 12.3 Å². The second kappa shape index (κ2) is 14.0. The summed E-state index contributed by atoms with van der Waals surface area (Å²) >= 11 is 0. The largest absolute Gasteiger partial charge is 0.311 e. The molecule has 0 bridgehead atoms. The van der Waals surface area contributed by atoms with Crippen LogP contribution >= 0.6 is 0 Å². The maximum absolute atomic E-state index is 9.46. The third kappa shape index (κ3) is 6.12. The Morgan fingerprint density at radius 3 is 1.58 bits per heavy atom. The number of nitrogens with zero attached hydrogens (tertiary/aromatic N) is 1. The maximum atomic E-state index is 9.46. The van der Waals surface area contributed by atoms with Crippen molar-refractivity contribution in [2.75, 3.05) is 4.90 Å². The number of hydrogen-bond donors (Lipinski definition) is 0. The maximum Gasteiger partial charge on any atom is 0.0645 e. The minimum absolute atomic E-state index is 0.0562. The molecule has 10 aromatic rings. The molecule has 0 atom stereocenters. The molecule has 0 heterocycles. The molecule has 0 saturated heterocycles. The molecule has 0 N–H and O–H groups in total. The number of benzene rings is 10. The summed E-state index contributed by atoms with van der Waals surface area (Å²) in [5.74, 6) is 0. The molecule has 1 nitrogen and oxygen atoms in total. The summed E-state index contributed by atoms with van der Waals surface area (Å²) in [5.41, 5.74) is 6.37. The fourth-order valence-electron chi connectivity index (χ4n) is 7.54. The van der Waals surface area contributed by atoms with Crippen molar-refractivity contribution in [3.05, 3.63) is 224 Å². The van der Waals surface area contributed by atoms with Crippen molar-refractivity contribution in [2.45, 2.75) is 0 Å². The lowest BCUT2D eigenvalue weighted by Gasteiger charge is -2.26. The van der Waals surface area contributed by atoms with Crippen molar-refractivity contribution in [1.29, 1.82) is 0 Å². The molecule has 0 aliphatic rings. The predicted molar refractivity (Wildman–Crippen MR) is 235 cm³/mol. The standard InChI is InChI=1S/C54H37N/c1-3-11-38(12-4-1)39-21-29-47(30-22-39)55(48-31-23-40(24-32-48)45-28-35-51-46(37-45)20-19-42-15-7-9-17-50(42)51)49-33-25-44(26-34-49)54-52-18-10-8-16-43(52)27-36-53(54)41-13-5-2-6-14-41/h1-37H/i1D,3D,4D,11D,12D,21D,22D,29D,30D.